The molecule has 0 N–H and O–H groups in total. The molecule has 6 heteroatoms. The Kier molecular flexibility index (Phi) is 4.59. The molecule has 2 aliphatic rings. The van der Waals surface area contributed by atoms with E-state index in [1.54, 1.807) is 18.3 Å². The van der Waals surface area contributed by atoms with Crippen molar-refractivity contribution in [2.45, 2.75) is 38.0 Å². The number of nitrogens with zero attached hydrogens (tertiary/aromatic N) is 2. The maximum Gasteiger partial charge on any atom is 0.259 e. The summed E-state index contributed by atoms with van der Waals surface area (Å²) in [5, 5.41) is 0. The summed E-state index contributed by atoms with van der Waals surface area (Å²) in [6.07, 6.45) is 3.51. The molecule has 120 valence electrons. The van der Waals surface area contributed by atoms with Crippen LogP contribution in [-0.4, -0.2) is 60.9 Å². The summed E-state index contributed by atoms with van der Waals surface area (Å²) >= 11 is 0. The lowest BCUT2D eigenvalue weighted by Gasteiger charge is -2.39. The maximum atomic E-state index is 12.9. The lowest BCUT2D eigenvalue weighted by molar-refractivity contribution is -0.102. The molecule has 2 heterocycles. The summed E-state index contributed by atoms with van der Waals surface area (Å²) in [6.45, 7) is 3.79. The number of morpholine rings is 1. The molecule has 0 spiro atoms. The second-order valence-corrected chi connectivity index (χ2v) is 5.53. The number of rotatable bonds is 4. The third-order valence-corrected chi connectivity index (χ3v) is 4.37. The van der Waals surface area contributed by atoms with E-state index in [1.165, 1.54) is 7.11 Å². The van der Waals surface area contributed by atoms with Crippen molar-refractivity contribution in [3.8, 4) is 5.88 Å². The zero-order valence-electron chi connectivity index (χ0n) is 13.0. The SMILES string of the molecule is CCO[C@H]1CC[C@H]2[C@H]1OCCN2C(=O)c1cccnc1OC. The van der Waals surface area contributed by atoms with Gasteiger partial charge in [-0.05, 0) is 31.9 Å². The molecule has 1 saturated heterocycles. The van der Waals surface area contributed by atoms with Crippen LogP contribution >= 0.6 is 0 Å². The van der Waals surface area contributed by atoms with Gasteiger partial charge in [-0.15, -0.1) is 0 Å². The van der Waals surface area contributed by atoms with Crippen molar-refractivity contribution in [2.24, 2.45) is 0 Å². The van der Waals surface area contributed by atoms with Gasteiger partial charge in [-0.1, -0.05) is 0 Å². The summed E-state index contributed by atoms with van der Waals surface area (Å²) in [7, 11) is 1.53. The maximum absolute atomic E-state index is 12.9. The fraction of sp³-hybridized carbons (Fsp3) is 0.625. The fourth-order valence-corrected chi connectivity index (χ4v) is 3.43. The molecule has 3 atom stereocenters. The smallest absolute Gasteiger partial charge is 0.259 e. The average molecular weight is 306 g/mol. The predicted molar refractivity (Wildman–Crippen MR) is 80.0 cm³/mol. The van der Waals surface area contributed by atoms with Gasteiger partial charge in [-0.3, -0.25) is 4.79 Å². The molecule has 3 rings (SSSR count). The fourth-order valence-electron chi connectivity index (χ4n) is 3.43. The van der Waals surface area contributed by atoms with Crippen molar-refractivity contribution in [3.05, 3.63) is 23.9 Å². The van der Waals surface area contributed by atoms with Crippen molar-refractivity contribution in [3.63, 3.8) is 0 Å². The predicted octanol–water partition coefficient (Wildman–Crippen LogP) is 1.50. The van der Waals surface area contributed by atoms with Gasteiger partial charge in [-0.2, -0.15) is 0 Å². The largest absolute Gasteiger partial charge is 0.480 e. The lowest BCUT2D eigenvalue weighted by atomic mass is 10.1. The number of hydrogen-bond acceptors (Lipinski definition) is 5. The molecule has 22 heavy (non-hydrogen) atoms. The summed E-state index contributed by atoms with van der Waals surface area (Å²) in [6, 6.07) is 3.58. The van der Waals surface area contributed by atoms with Crippen LogP contribution in [-0.2, 0) is 9.47 Å². The van der Waals surface area contributed by atoms with E-state index in [1.807, 2.05) is 11.8 Å². The molecule has 1 saturated carbocycles. The standard InChI is InChI=1S/C16H22N2O4/c1-3-21-13-7-6-12-14(13)22-10-9-18(12)16(19)11-5-4-8-17-15(11)20-2/h4-5,8,12-14H,3,6-7,9-10H2,1-2H3/t12-,13-,14+/m0/s1. The van der Waals surface area contributed by atoms with E-state index in [-0.39, 0.29) is 24.2 Å². The first-order chi connectivity index (χ1) is 10.8. The van der Waals surface area contributed by atoms with E-state index in [0.717, 1.165) is 12.8 Å². The summed E-state index contributed by atoms with van der Waals surface area (Å²) < 4.78 is 16.8. The number of carbonyl (C=O) groups is 1. The zero-order valence-corrected chi connectivity index (χ0v) is 13.0. The van der Waals surface area contributed by atoms with Crippen LogP contribution in [0.1, 0.15) is 30.1 Å². The van der Waals surface area contributed by atoms with Crippen LogP contribution in [0.15, 0.2) is 18.3 Å². The van der Waals surface area contributed by atoms with Crippen LogP contribution in [0, 0.1) is 0 Å². The van der Waals surface area contributed by atoms with Crippen LogP contribution in [0.4, 0.5) is 0 Å². The Morgan fingerprint density at radius 1 is 1.50 bits per heavy atom. The van der Waals surface area contributed by atoms with Gasteiger partial charge in [0.1, 0.15) is 11.7 Å². The Bertz CT molecular complexity index is 537. The monoisotopic (exact) mass is 306 g/mol. The van der Waals surface area contributed by atoms with Crippen LogP contribution in [0.5, 0.6) is 5.88 Å². The number of carbonyl (C=O) groups excluding carboxylic acids is 1. The number of amides is 1. The van der Waals surface area contributed by atoms with Gasteiger partial charge in [0.05, 0.1) is 25.9 Å². The van der Waals surface area contributed by atoms with E-state index >= 15 is 0 Å². The van der Waals surface area contributed by atoms with Crippen LogP contribution in [0.2, 0.25) is 0 Å². The first-order valence-electron chi connectivity index (χ1n) is 7.79. The third kappa shape index (κ3) is 2.68. The quantitative estimate of drug-likeness (QED) is 0.843. The summed E-state index contributed by atoms with van der Waals surface area (Å²) in [4.78, 5) is 18.9. The number of ether oxygens (including phenoxy) is 3. The van der Waals surface area contributed by atoms with Gasteiger partial charge in [0.25, 0.3) is 5.91 Å². The van der Waals surface area contributed by atoms with Crippen molar-refractivity contribution < 1.29 is 19.0 Å². The highest BCUT2D eigenvalue weighted by atomic mass is 16.5. The number of fused-ring (bicyclic) bond motifs is 1. The van der Waals surface area contributed by atoms with Gasteiger partial charge in [0.15, 0.2) is 0 Å². The second-order valence-electron chi connectivity index (χ2n) is 5.53. The molecule has 1 aliphatic heterocycles. The van der Waals surface area contributed by atoms with E-state index < -0.39 is 0 Å². The van der Waals surface area contributed by atoms with Crippen LogP contribution < -0.4 is 4.74 Å². The molecule has 1 aromatic heterocycles. The minimum absolute atomic E-state index is 0.0275. The van der Waals surface area contributed by atoms with Gasteiger partial charge < -0.3 is 19.1 Å². The van der Waals surface area contributed by atoms with Crippen molar-refractivity contribution in [2.75, 3.05) is 26.9 Å². The van der Waals surface area contributed by atoms with E-state index in [9.17, 15) is 4.79 Å². The Morgan fingerprint density at radius 3 is 3.14 bits per heavy atom. The lowest BCUT2D eigenvalue weighted by Crippen LogP contribution is -2.54. The number of hydrogen-bond donors (Lipinski definition) is 0. The highest BCUT2D eigenvalue weighted by Crippen LogP contribution is 2.33. The van der Waals surface area contributed by atoms with Crippen molar-refractivity contribution in [1.29, 1.82) is 0 Å². The summed E-state index contributed by atoms with van der Waals surface area (Å²) in [5.41, 5.74) is 0.505. The highest BCUT2D eigenvalue weighted by Gasteiger charge is 2.45. The van der Waals surface area contributed by atoms with Gasteiger partial charge in [-0.25, -0.2) is 4.98 Å². The highest BCUT2D eigenvalue weighted by molar-refractivity contribution is 5.96. The molecule has 0 unspecified atom stereocenters. The van der Waals surface area contributed by atoms with Crippen molar-refractivity contribution in [1.82, 2.24) is 9.88 Å². The summed E-state index contributed by atoms with van der Waals surface area (Å²) in [5.74, 6) is 0.329. The Labute approximate surface area is 130 Å². The van der Waals surface area contributed by atoms with Crippen LogP contribution in [0.25, 0.3) is 0 Å². The molecular weight excluding hydrogens is 284 g/mol. The third-order valence-electron chi connectivity index (χ3n) is 4.37. The van der Waals surface area contributed by atoms with E-state index in [0.29, 0.717) is 31.2 Å². The molecule has 1 aromatic rings. The van der Waals surface area contributed by atoms with E-state index in [2.05, 4.69) is 4.98 Å². The second kappa shape index (κ2) is 6.62. The molecular formula is C16H22N2O4. The molecule has 2 fully saturated rings. The number of methoxy groups -OCH3 is 1. The average Bonchev–Trinajstić information content (AvgIpc) is 2.98. The molecule has 6 nitrogen and oxygen atoms in total. The van der Waals surface area contributed by atoms with Gasteiger partial charge >= 0.3 is 0 Å². The first kappa shape index (κ1) is 15.2. The number of pyridine rings is 1. The Hall–Kier alpha value is -1.66. The molecule has 1 amide bonds. The first-order valence-corrected chi connectivity index (χ1v) is 7.79. The van der Waals surface area contributed by atoms with Gasteiger partial charge in [0.2, 0.25) is 5.88 Å². The topological polar surface area (TPSA) is 60.9 Å². The Balaban J connectivity index is 1.81. The number of aromatic nitrogens is 1. The normalized spacial score (nSPS) is 27.5. The van der Waals surface area contributed by atoms with E-state index in [4.69, 9.17) is 14.2 Å². The molecule has 0 radical (unpaired) electrons. The zero-order chi connectivity index (χ0) is 15.5. The Morgan fingerprint density at radius 2 is 2.36 bits per heavy atom. The minimum atomic E-state index is -0.0413. The van der Waals surface area contributed by atoms with Crippen molar-refractivity contribution >= 4 is 5.91 Å². The van der Waals surface area contributed by atoms with Gasteiger partial charge in [0, 0.05) is 19.3 Å². The minimum Gasteiger partial charge on any atom is -0.480 e. The molecule has 0 bridgehead atoms. The molecule has 0 aromatic carbocycles. The molecule has 1 aliphatic carbocycles. The van der Waals surface area contributed by atoms with Crippen LogP contribution in [0.3, 0.4) is 0 Å².